The van der Waals surface area contributed by atoms with Crippen LogP contribution in [0.5, 0.6) is 0 Å². The third kappa shape index (κ3) is 3.81. The Morgan fingerprint density at radius 3 is 2.68 bits per heavy atom. The van der Waals surface area contributed by atoms with E-state index in [1.165, 1.54) is 12.1 Å². The average Bonchev–Trinajstić information content (AvgIpc) is 2.36. The molecule has 0 aliphatic heterocycles. The average molecular weight is 262 g/mol. The fraction of sp³-hybridized carbons (Fsp3) is 0.167. The van der Waals surface area contributed by atoms with E-state index < -0.39 is 16.8 Å². The summed E-state index contributed by atoms with van der Waals surface area (Å²) in [5.74, 6) is 2.71. The smallest absolute Gasteiger partial charge is 0.338 e. The number of amides is 1. The maximum Gasteiger partial charge on any atom is 0.338 e. The second kappa shape index (κ2) is 6.16. The Labute approximate surface area is 108 Å². The van der Waals surface area contributed by atoms with E-state index in [-0.39, 0.29) is 23.4 Å². The fourth-order valence-corrected chi connectivity index (χ4v) is 1.26. The number of benzene rings is 1. The lowest BCUT2D eigenvalue weighted by Crippen LogP contribution is -2.07. The molecule has 0 spiro atoms. The molecule has 0 heterocycles. The molecule has 1 rings (SSSR count). The van der Waals surface area contributed by atoms with Crippen molar-refractivity contribution >= 4 is 17.6 Å². The lowest BCUT2D eigenvalue weighted by atomic mass is 10.1. The van der Waals surface area contributed by atoms with Crippen LogP contribution in [0.2, 0.25) is 0 Å². The molecule has 0 fully saturated rings. The first kappa shape index (κ1) is 14.2. The molecule has 19 heavy (non-hydrogen) atoms. The molecule has 2 N–H and O–H groups in total. The van der Waals surface area contributed by atoms with E-state index in [1.807, 2.05) is 5.92 Å². The molecule has 0 aliphatic rings. The molecular weight excluding hydrogens is 252 g/mol. The largest absolute Gasteiger partial charge is 0.462 e. The van der Waals surface area contributed by atoms with Crippen molar-refractivity contribution in [2.75, 3.05) is 6.61 Å². The fourth-order valence-electron chi connectivity index (χ4n) is 1.26. The summed E-state index contributed by atoms with van der Waals surface area (Å²) in [6.07, 6.45) is 0. The van der Waals surface area contributed by atoms with Gasteiger partial charge in [-0.3, -0.25) is 14.9 Å². The lowest BCUT2D eigenvalue weighted by molar-refractivity contribution is -0.385. The van der Waals surface area contributed by atoms with Crippen LogP contribution in [-0.4, -0.2) is 23.4 Å². The number of primary amides is 1. The highest BCUT2D eigenvalue weighted by atomic mass is 16.6. The van der Waals surface area contributed by atoms with E-state index in [1.54, 1.807) is 6.92 Å². The number of ether oxygens (including phenoxy) is 1. The Kier molecular flexibility index (Phi) is 4.60. The quantitative estimate of drug-likeness (QED) is 0.371. The summed E-state index contributed by atoms with van der Waals surface area (Å²) in [6, 6.07) is 3.64. The van der Waals surface area contributed by atoms with Crippen LogP contribution in [0.15, 0.2) is 18.2 Å². The molecule has 1 amide bonds. The van der Waals surface area contributed by atoms with Gasteiger partial charge in [0.15, 0.2) is 0 Å². The maximum absolute atomic E-state index is 11.4. The van der Waals surface area contributed by atoms with Crippen LogP contribution < -0.4 is 5.73 Å². The van der Waals surface area contributed by atoms with Gasteiger partial charge >= 0.3 is 5.97 Å². The van der Waals surface area contributed by atoms with Crippen molar-refractivity contribution in [2.45, 2.75) is 6.92 Å². The van der Waals surface area contributed by atoms with Gasteiger partial charge in [0, 0.05) is 12.0 Å². The van der Waals surface area contributed by atoms with Gasteiger partial charge in [-0.15, -0.1) is 0 Å². The van der Waals surface area contributed by atoms with E-state index in [9.17, 15) is 19.7 Å². The first-order chi connectivity index (χ1) is 8.95. The van der Waals surface area contributed by atoms with E-state index in [2.05, 4.69) is 5.92 Å². The Balaban J connectivity index is 3.23. The van der Waals surface area contributed by atoms with Gasteiger partial charge in [0.25, 0.3) is 11.6 Å². The molecule has 0 saturated heterocycles. The van der Waals surface area contributed by atoms with Gasteiger partial charge in [-0.25, -0.2) is 4.79 Å². The topological polar surface area (TPSA) is 113 Å². The third-order valence-electron chi connectivity index (χ3n) is 2.03. The monoisotopic (exact) mass is 262 g/mol. The predicted octanol–water partition coefficient (Wildman–Crippen LogP) is 0.608. The van der Waals surface area contributed by atoms with Crippen LogP contribution in [-0.2, 0) is 9.53 Å². The molecule has 0 atom stereocenters. The van der Waals surface area contributed by atoms with E-state index in [0.29, 0.717) is 0 Å². The number of nitrogens with zero attached hydrogens (tertiary/aromatic N) is 1. The van der Waals surface area contributed by atoms with Crippen LogP contribution >= 0.6 is 0 Å². The summed E-state index contributed by atoms with van der Waals surface area (Å²) in [5.41, 5.74) is 4.48. The number of esters is 1. The van der Waals surface area contributed by atoms with Gasteiger partial charge in [0.05, 0.1) is 17.1 Å². The lowest BCUT2D eigenvalue weighted by Gasteiger charge is -2.02. The number of nitrogens with two attached hydrogens (primary N) is 1. The number of rotatable bonds is 3. The number of nitro benzene ring substituents is 1. The van der Waals surface area contributed by atoms with Crippen LogP contribution in [0.3, 0.4) is 0 Å². The zero-order valence-corrected chi connectivity index (χ0v) is 10.0. The number of carbonyl (C=O) groups excluding carboxylic acids is 2. The van der Waals surface area contributed by atoms with Crippen molar-refractivity contribution in [3.8, 4) is 11.8 Å². The molecule has 98 valence electrons. The standard InChI is InChI=1S/C12H10N2O5/c1-2-19-12(16)9-4-3-8(5-6-11(13)15)10(7-9)14(17)18/h3-4,7H,2H2,1H3,(H2,13,15). The maximum atomic E-state index is 11.4. The molecule has 7 nitrogen and oxygen atoms in total. The molecule has 1 aromatic carbocycles. The number of nitro groups is 1. The second-order valence-corrected chi connectivity index (χ2v) is 3.32. The Hall–Kier alpha value is -2.88. The molecule has 0 bridgehead atoms. The van der Waals surface area contributed by atoms with E-state index >= 15 is 0 Å². The van der Waals surface area contributed by atoms with Crippen molar-refractivity contribution in [3.05, 3.63) is 39.4 Å². The zero-order chi connectivity index (χ0) is 14.4. The van der Waals surface area contributed by atoms with Crippen LogP contribution in [0.1, 0.15) is 22.8 Å². The highest BCUT2D eigenvalue weighted by Crippen LogP contribution is 2.20. The van der Waals surface area contributed by atoms with Gasteiger partial charge in [-0.1, -0.05) is 0 Å². The highest BCUT2D eigenvalue weighted by molar-refractivity contribution is 5.93. The normalized spacial score (nSPS) is 9.11. The molecular formula is C12H10N2O5. The molecule has 7 heteroatoms. The van der Waals surface area contributed by atoms with Crippen LogP contribution in [0.25, 0.3) is 0 Å². The first-order valence-corrected chi connectivity index (χ1v) is 5.22. The van der Waals surface area contributed by atoms with E-state index in [0.717, 1.165) is 6.07 Å². The minimum atomic E-state index is -0.899. The van der Waals surface area contributed by atoms with Crippen molar-refractivity contribution in [2.24, 2.45) is 5.73 Å². The second-order valence-electron chi connectivity index (χ2n) is 3.32. The van der Waals surface area contributed by atoms with Gasteiger partial charge in [0.1, 0.15) is 5.56 Å². The zero-order valence-electron chi connectivity index (χ0n) is 10.0. The molecule has 0 saturated carbocycles. The Bertz CT molecular complexity index is 598. The summed E-state index contributed by atoms with van der Waals surface area (Å²) >= 11 is 0. The van der Waals surface area contributed by atoms with Crippen LogP contribution in [0, 0.1) is 22.0 Å². The number of hydrogen-bond donors (Lipinski definition) is 1. The molecule has 0 radical (unpaired) electrons. The molecule has 1 aromatic rings. The number of carbonyl (C=O) groups is 2. The molecule has 0 aromatic heterocycles. The van der Waals surface area contributed by atoms with Gasteiger partial charge in [-0.2, -0.15) is 0 Å². The van der Waals surface area contributed by atoms with Crippen molar-refractivity contribution in [1.82, 2.24) is 0 Å². The molecule has 0 unspecified atom stereocenters. The SMILES string of the molecule is CCOC(=O)c1ccc(C#CC(N)=O)c([N+](=O)[O-])c1. The van der Waals surface area contributed by atoms with Crippen molar-refractivity contribution in [3.63, 3.8) is 0 Å². The molecule has 0 aliphatic carbocycles. The summed E-state index contributed by atoms with van der Waals surface area (Å²) in [4.78, 5) is 32.1. The van der Waals surface area contributed by atoms with Gasteiger partial charge in [-0.05, 0) is 25.0 Å². The summed E-state index contributed by atoms with van der Waals surface area (Å²) in [5, 5.41) is 10.9. The highest BCUT2D eigenvalue weighted by Gasteiger charge is 2.17. The Morgan fingerprint density at radius 2 is 2.16 bits per heavy atom. The summed E-state index contributed by atoms with van der Waals surface area (Å²) in [6.45, 7) is 1.79. The predicted molar refractivity (Wildman–Crippen MR) is 65.1 cm³/mol. The first-order valence-electron chi connectivity index (χ1n) is 5.22. The van der Waals surface area contributed by atoms with Crippen LogP contribution in [0.4, 0.5) is 5.69 Å². The van der Waals surface area contributed by atoms with Gasteiger partial charge < -0.3 is 10.5 Å². The summed E-state index contributed by atoms with van der Waals surface area (Å²) < 4.78 is 4.73. The van der Waals surface area contributed by atoms with Crippen molar-refractivity contribution < 1.29 is 19.2 Å². The minimum Gasteiger partial charge on any atom is -0.462 e. The van der Waals surface area contributed by atoms with E-state index in [4.69, 9.17) is 10.5 Å². The third-order valence-corrected chi connectivity index (χ3v) is 2.03. The summed E-state index contributed by atoms with van der Waals surface area (Å²) in [7, 11) is 0. The Morgan fingerprint density at radius 1 is 1.47 bits per heavy atom. The number of hydrogen-bond acceptors (Lipinski definition) is 5. The minimum absolute atomic E-state index is 0.00292. The van der Waals surface area contributed by atoms with Gasteiger partial charge in [0.2, 0.25) is 0 Å². The van der Waals surface area contributed by atoms with Crippen molar-refractivity contribution in [1.29, 1.82) is 0 Å².